The first kappa shape index (κ1) is 64.2. The van der Waals surface area contributed by atoms with Crippen LogP contribution in [0.5, 0.6) is 0 Å². The van der Waals surface area contributed by atoms with Gasteiger partial charge in [-0.15, -0.1) is 0 Å². The van der Waals surface area contributed by atoms with Crippen molar-refractivity contribution in [3.8, 4) is 135 Å². The molecule has 112 heavy (non-hydrogen) atoms. The molecule has 6 aromatic heterocycles. The minimum atomic E-state index is 0.511. The molecule has 0 fully saturated rings. The smallest absolute Gasteiger partial charge is 0.164 e. The van der Waals surface area contributed by atoms with Crippen molar-refractivity contribution in [3.63, 3.8) is 0 Å². The van der Waals surface area contributed by atoms with Gasteiger partial charge < -0.3 is 17.7 Å². The molecule has 22 rings (SSSR count). The van der Waals surface area contributed by atoms with E-state index in [4.69, 9.17) is 47.6 Å². The van der Waals surface area contributed by atoms with Gasteiger partial charge in [-0.05, 0) is 141 Å². The van der Waals surface area contributed by atoms with E-state index >= 15 is 0 Å². The zero-order valence-electron chi connectivity index (χ0n) is 60.2. The Morgan fingerprint density at radius 1 is 0.205 bits per heavy atom. The summed E-state index contributed by atoms with van der Waals surface area (Å²) in [4.78, 5) is 31.3. The Morgan fingerprint density at radius 2 is 0.607 bits per heavy atom. The predicted octanol–water partition coefficient (Wildman–Crippen LogP) is 25.3. The minimum absolute atomic E-state index is 0.511. The Bertz CT molecular complexity index is 7460. The van der Waals surface area contributed by atoms with Gasteiger partial charge in [0.05, 0.1) is 0 Å². The molecule has 15 aromatic carbocycles. The topological polar surface area (TPSA) is 130 Å². The van der Waals surface area contributed by atoms with E-state index in [1.54, 1.807) is 0 Å². The lowest BCUT2D eigenvalue weighted by Crippen LogP contribution is -2.26. The monoisotopic (exact) mass is 1430 g/mol. The average Bonchev–Trinajstić information content (AvgIpc) is 1.57. The van der Waals surface area contributed by atoms with Crippen LogP contribution in [0, 0.1) is 0 Å². The highest BCUT2D eigenvalue weighted by molar-refractivity contribution is 6.19. The third-order valence-corrected chi connectivity index (χ3v) is 21.9. The van der Waals surface area contributed by atoms with Crippen LogP contribution in [0.15, 0.2) is 363 Å². The molecule has 0 aliphatic heterocycles. The fourth-order valence-electron chi connectivity index (χ4n) is 16.4. The largest absolute Gasteiger partial charge is 0.456 e. The summed E-state index contributed by atoms with van der Waals surface area (Å²) >= 11 is 0. The molecule has 1 aliphatic carbocycles. The standard InChI is InChI=1S/C102H62N6O4/c1-6-21-61(22-7-1)64-39-43-68(44-40-64)98-103-97(67-29-14-5-15-30-67)104-101(106-98)73-48-50-77-80-34-19-36-82(94(80)110-88(77)58-73)79-54-53-76(66-27-12-4-13-28-66)96-93(79)85-52-47-71(57-90(85)112-96)70-31-18-32-72(55-70)100-105-99(69-45-41-65(42-46-69)62-23-8-2-9-24-62)107-102(108-100)74-49-51-78-81-35-20-37-83(95(81)111-89(78)59-74)86-56-75(63-25-10-3-11-26-63)60-91-92(86)84-33-16-17-38-87(84)109-91/h1-18,20-35,37-60H,19,36H2. The third kappa shape index (κ3) is 11.2. The highest BCUT2D eigenvalue weighted by Crippen LogP contribution is 2.47. The van der Waals surface area contributed by atoms with Crippen LogP contribution in [0.4, 0.5) is 0 Å². The number of hydrogen-bond acceptors (Lipinski definition) is 10. The van der Waals surface area contributed by atoms with Gasteiger partial charge in [-0.25, -0.2) is 29.9 Å². The van der Waals surface area contributed by atoms with E-state index in [-0.39, 0.29) is 0 Å². The van der Waals surface area contributed by atoms with Crippen LogP contribution >= 0.6 is 0 Å². The zero-order valence-corrected chi connectivity index (χ0v) is 60.2. The molecule has 1 aliphatic rings. The molecule has 0 amide bonds. The molecular weight excluding hydrogens is 1370 g/mol. The van der Waals surface area contributed by atoms with Gasteiger partial charge in [-0.3, -0.25) is 0 Å². The lowest BCUT2D eigenvalue weighted by molar-refractivity contribution is 0.568. The van der Waals surface area contributed by atoms with Crippen molar-refractivity contribution in [1.29, 1.82) is 0 Å². The van der Waals surface area contributed by atoms with Crippen LogP contribution in [0.1, 0.15) is 18.4 Å². The molecule has 524 valence electrons. The summed E-state index contributed by atoms with van der Waals surface area (Å²) in [6.07, 6.45) is 3.91. The second-order valence-corrected chi connectivity index (χ2v) is 28.6. The second-order valence-electron chi connectivity index (χ2n) is 28.6. The number of aromatic nitrogens is 6. The predicted molar refractivity (Wildman–Crippen MR) is 452 cm³/mol. The van der Waals surface area contributed by atoms with Crippen molar-refractivity contribution in [2.24, 2.45) is 0 Å². The number of benzene rings is 15. The molecule has 0 spiro atoms. The lowest BCUT2D eigenvalue weighted by Gasteiger charge is -2.12. The van der Waals surface area contributed by atoms with Crippen molar-refractivity contribution < 1.29 is 17.7 Å². The van der Waals surface area contributed by atoms with Gasteiger partial charge in [0.1, 0.15) is 44.5 Å². The van der Waals surface area contributed by atoms with E-state index in [0.29, 0.717) is 40.5 Å². The maximum absolute atomic E-state index is 7.25. The van der Waals surface area contributed by atoms with E-state index in [1.165, 1.54) is 0 Å². The molecule has 21 aromatic rings. The van der Waals surface area contributed by atoms with E-state index < -0.39 is 0 Å². The Labute approximate surface area is 642 Å². The van der Waals surface area contributed by atoms with E-state index in [1.807, 2.05) is 60.7 Å². The molecule has 0 saturated carbocycles. The van der Waals surface area contributed by atoms with Crippen molar-refractivity contribution in [3.05, 3.63) is 362 Å². The number of hydrogen-bond donors (Lipinski definition) is 0. The van der Waals surface area contributed by atoms with Gasteiger partial charge in [0.2, 0.25) is 0 Å². The summed E-state index contributed by atoms with van der Waals surface area (Å²) in [6.45, 7) is 0. The summed E-state index contributed by atoms with van der Waals surface area (Å²) in [5, 5.41) is 8.21. The molecule has 0 radical (unpaired) electrons. The van der Waals surface area contributed by atoms with Gasteiger partial charge in [-0.1, -0.05) is 285 Å². The molecule has 0 atom stereocenters. The van der Waals surface area contributed by atoms with Crippen LogP contribution in [-0.4, -0.2) is 29.9 Å². The number of furan rings is 4. The number of para-hydroxylation sites is 2. The molecule has 0 bridgehead atoms. The normalized spacial score (nSPS) is 12.3. The Balaban J connectivity index is 0.644. The highest BCUT2D eigenvalue weighted by atomic mass is 16.3. The van der Waals surface area contributed by atoms with Crippen LogP contribution in [-0.2, 0) is 0 Å². The summed E-state index contributed by atoms with van der Waals surface area (Å²) in [6, 6.07) is 120. The van der Waals surface area contributed by atoms with Crippen molar-refractivity contribution >= 4 is 88.4 Å². The Hall–Kier alpha value is -15.0. The third-order valence-electron chi connectivity index (χ3n) is 21.9. The van der Waals surface area contributed by atoms with Crippen molar-refractivity contribution in [1.82, 2.24) is 29.9 Å². The van der Waals surface area contributed by atoms with Crippen LogP contribution in [0.2, 0.25) is 0 Å². The Kier molecular flexibility index (Phi) is 15.2. The Morgan fingerprint density at radius 3 is 1.24 bits per heavy atom. The summed E-state index contributed by atoms with van der Waals surface area (Å²) in [5.41, 5.74) is 26.3. The maximum Gasteiger partial charge on any atom is 0.164 e. The first-order valence-electron chi connectivity index (χ1n) is 37.7. The van der Waals surface area contributed by atoms with Crippen LogP contribution < -0.4 is 10.6 Å². The number of fused-ring (bicyclic) bond motifs is 12. The van der Waals surface area contributed by atoms with Crippen LogP contribution in [0.25, 0.3) is 224 Å². The highest BCUT2D eigenvalue weighted by Gasteiger charge is 2.26. The number of rotatable bonds is 13. The maximum atomic E-state index is 7.25. The van der Waals surface area contributed by atoms with Gasteiger partial charge in [-0.2, -0.15) is 0 Å². The van der Waals surface area contributed by atoms with Crippen molar-refractivity contribution in [2.45, 2.75) is 12.8 Å². The molecule has 0 unspecified atom stereocenters. The minimum Gasteiger partial charge on any atom is -0.456 e. The lowest BCUT2D eigenvalue weighted by atomic mass is 9.90. The molecule has 0 N–H and O–H groups in total. The molecule has 10 nitrogen and oxygen atoms in total. The van der Waals surface area contributed by atoms with Crippen molar-refractivity contribution in [2.75, 3.05) is 0 Å². The average molecular weight is 1440 g/mol. The van der Waals surface area contributed by atoms with Crippen LogP contribution in [0.3, 0.4) is 0 Å². The summed E-state index contributed by atoms with van der Waals surface area (Å²) < 4.78 is 28.1. The zero-order chi connectivity index (χ0) is 73.7. The van der Waals surface area contributed by atoms with Gasteiger partial charge in [0.15, 0.2) is 34.9 Å². The summed E-state index contributed by atoms with van der Waals surface area (Å²) in [5.74, 6) is 3.32. The van der Waals surface area contributed by atoms with E-state index in [9.17, 15) is 0 Å². The molecule has 6 heterocycles. The van der Waals surface area contributed by atoms with Gasteiger partial charge in [0, 0.05) is 93.0 Å². The first-order chi connectivity index (χ1) is 55.4. The van der Waals surface area contributed by atoms with E-state index in [2.05, 4.69) is 291 Å². The second kappa shape index (κ2) is 26.4. The van der Waals surface area contributed by atoms with Gasteiger partial charge in [0.25, 0.3) is 0 Å². The molecule has 10 heteroatoms. The fourth-order valence-corrected chi connectivity index (χ4v) is 16.4. The first-order valence-corrected chi connectivity index (χ1v) is 37.7. The van der Waals surface area contributed by atoms with E-state index in [0.717, 1.165) is 206 Å². The van der Waals surface area contributed by atoms with Gasteiger partial charge >= 0.3 is 0 Å². The quantitative estimate of drug-likeness (QED) is 0.110. The molecule has 0 saturated heterocycles. The molecular formula is C102H62N6O4. The summed E-state index contributed by atoms with van der Waals surface area (Å²) in [7, 11) is 0. The SMILES string of the molecule is C1=c2c(oc3cc(-c4nc(-c5ccccc5)nc(-c5ccc(-c6ccccc6)cc5)n4)ccc23)=C(c2ccc(-c3ccccc3)c3oc4cc(-c5cccc(-c6nc(-c7ccc(-c8ccccc8)cc7)nc(-c7ccc8c(c7)oc7c(-c9cc(-c%10ccccc%10)cc%10oc%11ccccc%11c9%10)cccc78)n6)c5)ccc4c23)CC1. The number of nitrogens with zero attached hydrogens (tertiary/aromatic N) is 6. The fraction of sp³-hybridized carbons (Fsp3) is 0.0196.